The maximum absolute atomic E-state index is 12.9. The maximum Gasteiger partial charge on any atom is 0.322 e. The first kappa shape index (κ1) is 30.9. The second kappa shape index (κ2) is 15.8. The van der Waals surface area contributed by atoms with Crippen LogP contribution in [0.4, 0.5) is 0 Å². The van der Waals surface area contributed by atoms with Gasteiger partial charge in [0.05, 0.1) is 19.2 Å². The summed E-state index contributed by atoms with van der Waals surface area (Å²) in [5, 5.41) is 31.3. The zero-order valence-corrected chi connectivity index (χ0v) is 21.4. The van der Waals surface area contributed by atoms with E-state index >= 15 is 0 Å². The van der Waals surface area contributed by atoms with Crippen LogP contribution in [0.3, 0.4) is 0 Å². The van der Waals surface area contributed by atoms with Crippen LogP contribution in [-0.4, -0.2) is 114 Å². The summed E-state index contributed by atoms with van der Waals surface area (Å²) in [5.74, 6) is -4.17. The number of amides is 5. The molecule has 214 valence electrons. The van der Waals surface area contributed by atoms with E-state index in [-0.39, 0.29) is 18.5 Å². The Kier molecular flexibility index (Phi) is 12.9. The van der Waals surface area contributed by atoms with Crippen LogP contribution < -0.4 is 32.3 Å². The number of nitrogens with two attached hydrogens (primary N) is 1. The van der Waals surface area contributed by atoms with Crippen molar-refractivity contribution in [3.63, 3.8) is 0 Å². The third-order valence-electron chi connectivity index (χ3n) is 6.45. The number of carboxylic acid groups (broad SMARTS) is 1. The third kappa shape index (κ3) is 9.54. The molecule has 9 N–H and O–H groups in total. The molecular formula is C23H39N7O8. The minimum absolute atomic E-state index is 0.202. The molecule has 0 spiro atoms. The number of unbranched alkanes of at least 4 members (excludes halogenated alkanes) is 1. The van der Waals surface area contributed by atoms with Crippen molar-refractivity contribution in [1.82, 2.24) is 31.5 Å². The van der Waals surface area contributed by atoms with Gasteiger partial charge in [0, 0.05) is 6.54 Å². The van der Waals surface area contributed by atoms with Gasteiger partial charge in [0.15, 0.2) is 0 Å². The summed E-state index contributed by atoms with van der Waals surface area (Å²) >= 11 is 0. The number of carboxylic acids is 1. The Labute approximate surface area is 220 Å². The Morgan fingerprint density at radius 2 is 1.71 bits per heavy atom. The number of hydrogen-bond donors (Lipinski definition) is 8. The summed E-state index contributed by atoms with van der Waals surface area (Å²) in [4.78, 5) is 74.8. The van der Waals surface area contributed by atoms with Crippen LogP contribution in [0.2, 0.25) is 0 Å². The van der Waals surface area contributed by atoms with Crippen molar-refractivity contribution in [3.05, 3.63) is 0 Å². The van der Waals surface area contributed by atoms with Crippen molar-refractivity contribution in [3.8, 4) is 0 Å². The number of carbonyl (C=O) groups is 6. The van der Waals surface area contributed by atoms with Crippen molar-refractivity contribution in [1.29, 1.82) is 0 Å². The molecule has 0 aromatic rings. The van der Waals surface area contributed by atoms with Crippen molar-refractivity contribution >= 4 is 35.5 Å². The molecule has 0 aliphatic carbocycles. The van der Waals surface area contributed by atoms with E-state index in [0.29, 0.717) is 45.1 Å². The molecule has 38 heavy (non-hydrogen) atoms. The highest BCUT2D eigenvalue weighted by molar-refractivity contribution is 5.95. The highest BCUT2D eigenvalue weighted by Gasteiger charge is 2.37. The number of carbonyl (C=O) groups excluding carboxylic acids is 5. The average molecular weight is 542 g/mol. The van der Waals surface area contributed by atoms with Gasteiger partial charge in [-0.2, -0.15) is 0 Å². The molecule has 2 rings (SSSR count). The molecule has 2 aliphatic heterocycles. The predicted octanol–water partition coefficient (Wildman–Crippen LogP) is -3.86. The fourth-order valence-electron chi connectivity index (χ4n) is 4.45. The van der Waals surface area contributed by atoms with Crippen LogP contribution in [0.25, 0.3) is 0 Å². The molecule has 0 radical (unpaired) electrons. The summed E-state index contributed by atoms with van der Waals surface area (Å²) in [6, 6.07) is -3.52. The lowest BCUT2D eigenvalue weighted by Crippen LogP contribution is -2.57. The molecule has 0 aromatic carbocycles. The number of nitrogens with one attached hydrogen (secondary N) is 5. The normalized spacial score (nSPS) is 20.3. The fourth-order valence-corrected chi connectivity index (χ4v) is 4.45. The zero-order chi connectivity index (χ0) is 28.1. The minimum atomic E-state index is -1.36. The van der Waals surface area contributed by atoms with Gasteiger partial charge in [-0.25, -0.2) is 0 Å². The molecule has 0 saturated carbocycles. The molecule has 0 unspecified atom stereocenters. The van der Waals surface area contributed by atoms with Gasteiger partial charge in [0.2, 0.25) is 29.5 Å². The molecule has 0 aromatic heterocycles. The van der Waals surface area contributed by atoms with E-state index in [2.05, 4.69) is 26.6 Å². The SMILES string of the molecule is NCCCC[C@H](NC(=O)[C@@H]1CCCN1)C(=O)NCC(=O)N[C@@H](CO)C(=O)N1CCC[C@H]1C(=O)NCC(=O)O. The molecule has 5 amide bonds. The number of aliphatic hydroxyl groups excluding tert-OH is 1. The average Bonchev–Trinajstić information content (AvgIpc) is 3.61. The van der Waals surface area contributed by atoms with Crippen molar-refractivity contribution in [2.75, 3.05) is 39.3 Å². The summed E-state index contributed by atoms with van der Waals surface area (Å²) in [7, 11) is 0. The second-order valence-corrected chi connectivity index (χ2v) is 9.32. The number of aliphatic hydroxyl groups is 1. The maximum atomic E-state index is 12.9. The molecule has 2 heterocycles. The van der Waals surface area contributed by atoms with Crippen LogP contribution in [-0.2, 0) is 28.8 Å². The van der Waals surface area contributed by atoms with E-state index in [9.17, 15) is 33.9 Å². The lowest BCUT2D eigenvalue weighted by atomic mass is 10.1. The number of aliphatic carboxylic acids is 1. The number of nitrogens with zero attached hydrogens (tertiary/aromatic N) is 1. The minimum Gasteiger partial charge on any atom is -0.480 e. The van der Waals surface area contributed by atoms with E-state index < -0.39 is 67.4 Å². The van der Waals surface area contributed by atoms with Crippen LogP contribution in [0.1, 0.15) is 44.9 Å². The molecule has 0 bridgehead atoms. The van der Waals surface area contributed by atoms with Crippen LogP contribution in [0, 0.1) is 0 Å². The highest BCUT2D eigenvalue weighted by Crippen LogP contribution is 2.18. The first-order chi connectivity index (χ1) is 18.2. The van der Waals surface area contributed by atoms with Crippen LogP contribution in [0.5, 0.6) is 0 Å². The Bertz CT molecular complexity index is 865. The van der Waals surface area contributed by atoms with Crippen molar-refractivity contribution in [2.45, 2.75) is 69.1 Å². The van der Waals surface area contributed by atoms with Crippen molar-refractivity contribution in [2.24, 2.45) is 5.73 Å². The molecular weight excluding hydrogens is 502 g/mol. The first-order valence-corrected chi connectivity index (χ1v) is 12.9. The highest BCUT2D eigenvalue weighted by atomic mass is 16.4. The van der Waals surface area contributed by atoms with Gasteiger partial charge in [-0.3, -0.25) is 28.8 Å². The van der Waals surface area contributed by atoms with E-state index in [1.165, 1.54) is 4.90 Å². The number of hydrogen-bond acceptors (Lipinski definition) is 9. The molecule has 2 fully saturated rings. The Morgan fingerprint density at radius 3 is 2.34 bits per heavy atom. The van der Waals surface area contributed by atoms with E-state index in [1.54, 1.807) is 0 Å². The quantitative estimate of drug-likeness (QED) is 0.0940. The summed E-state index contributed by atoms with van der Waals surface area (Å²) in [6.07, 6.45) is 3.92. The molecule has 4 atom stereocenters. The van der Waals surface area contributed by atoms with Gasteiger partial charge in [-0.05, 0) is 58.0 Å². The van der Waals surface area contributed by atoms with Crippen LogP contribution >= 0.6 is 0 Å². The number of likely N-dealkylation sites (tertiary alicyclic amines) is 1. The molecule has 15 nitrogen and oxygen atoms in total. The first-order valence-electron chi connectivity index (χ1n) is 12.9. The smallest absolute Gasteiger partial charge is 0.322 e. The van der Waals surface area contributed by atoms with Gasteiger partial charge < -0.3 is 47.4 Å². The molecule has 2 saturated heterocycles. The van der Waals surface area contributed by atoms with Gasteiger partial charge in [-0.15, -0.1) is 0 Å². The Hall–Kier alpha value is -3.30. The Balaban J connectivity index is 1.90. The van der Waals surface area contributed by atoms with Gasteiger partial charge in [-0.1, -0.05) is 0 Å². The monoisotopic (exact) mass is 541 g/mol. The topological polar surface area (TPSA) is 232 Å². The summed E-state index contributed by atoms with van der Waals surface area (Å²) in [6.45, 7) is -0.487. The summed E-state index contributed by atoms with van der Waals surface area (Å²) < 4.78 is 0. The lowest BCUT2D eigenvalue weighted by molar-refractivity contribution is -0.143. The van der Waals surface area contributed by atoms with E-state index in [1.807, 2.05) is 0 Å². The summed E-state index contributed by atoms with van der Waals surface area (Å²) in [5.41, 5.74) is 5.52. The van der Waals surface area contributed by atoms with E-state index in [4.69, 9.17) is 10.8 Å². The second-order valence-electron chi connectivity index (χ2n) is 9.32. The van der Waals surface area contributed by atoms with Crippen molar-refractivity contribution < 1.29 is 39.0 Å². The lowest BCUT2D eigenvalue weighted by Gasteiger charge is -2.28. The standard InChI is InChI=1S/C23H39N7O8/c24-8-2-1-5-15(29-21(36)14-6-3-9-25-14)20(35)26-11-18(32)28-16(13-31)23(38)30-10-4-7-17(30)22(37)27-12-19(33)34/h14-17,25,31H,1-13,24H2,(H,26,35)(H,27,37)(H,28,32)(H,29,36)(H,33,34)/t14-,15-,16-,17-/m0/s1. The fraction of sp³-hybridized carbons (Fsp3) is 0.739. The van der Waals surface area contributed by atoms with Gasteiger partial charge in [0.25, 0.3) is 0 Å². The largest absolute Gasteiger partial charge is 0.480 e. The van der Waals surface area contributed by atoms with Crippen LogP contribution in [0.15, 0.2) is 0 Å². The third-order valence-corrected chi connectivity index (χ3v) is 6.45. The Morgan fingerprint density at radius 1 is 0.947 bits per heavy atom. The van der Waals surface area contributed by atoms with Gasteiger partial charge >= 0.3 is 5.97 Å². The zero-order valence-electron chi connectivity index (χ0n) is 21.4. The molecule has 15 heteroatoms. The molecule has 2 aliphatic rings. The van der Waals surface area contributed by atoms with Gasteiger partial charge in [0.1, 0.15) is 24.7 Å². The number of rotatable bonds is 15. The predicted molar refractivity (Wildman–Crippen MR) is 133 cm³/mol. The van der Waals surface area contributed by atoms with E-state index in [0.717, 1.165) is 13.0 Å².